The predicted molar refractivity (Wildman–Crippen MR) is 68.8 cm³/mol. The summed E-state index contributed by atoms with van der Waals surface area (Å²) in [4.78, 5) is 4.45. The Labute approximate surface area is 102 Å². The lowest BCUT2D eigenvalue weighted by Gasteiger charge is -2.34. The molecule has 1 rings (SSSR count). The topological polar surface area (TPSA) is 34.1 Å². The van der Waals surface area contributed by atoms with Gasteiger partial charge in [0.25, 0.3) is 0 Å². The largest absolute Gasteiger partial charge is 0.383 e. The third kappa shape index (κ3) is 3.03. The summed E-state index contributed by atoms with van der Waals surface area (Å²) in [5.41, 5.74) is -0.0402. The minimum atomic E-state index is -0.0402. The second kappa shape index (κ2) is 6.33. The summed E-state index contributed by atoms with van der Waals surface area (Å²) >= 11 is 1.72. The molecule has 0 radical (unpaired) electrons. The molecule has 1 aromatic rings. The van der Waals surface area contributed by atoms with Crippen LogP contribution in [0.4, 0.5) is 0 Å². The van der Waals surface area contributed by atoms with Crippen molar-refractivity contribution < 1.29 is 4.74 Å². The predicted octanol–water partition coefficient (Wildman–Crippen LogP) is 2.64. The van der Waals surface area contributed by atoms with Gasteiger partial charge in [-0.05, 0) is 12.8 Å². The van der Waals surface area contributed by atoms with Crippen LogP contribution in [-0.2, 0) is 10.3 Å². The maximum atomic E-state index is 5.09. The summed E-state index contributed by atoms with van der Waals surface area (Å²) in [5, 5.41) is 6.77. The molecule has 3 nitrogen and oxygen atoms in total. The van der Waals surface area contributed by atoms with Crippen molar-refractivity contribution in [1.29, 1.82) is 0 Å². The van der Waals surface area contributed by atoms with Gasteiger partial charge in [-0.2, -0.15) is 0 Å². The van der Waals surface area contributed by atoms with Gasteiger partial charge in [-0.15, -0.1) is 11.3 Å². The fourth-order valence-electron chi connectivity index (χ4n) is 1.76. The molecule has 1 aromatic heterocycles. The Morgan fingerprint density at radius 2 is 2.38 bits per heavy atom. The summed E-state index contributed by atoms with van der Waals surface area (Å²) < 4.78 is 5.09. The van der Waals surface area contributed by atoms with E-state index in [9.17, 15) is 0 Å². The molecular formula is C12H22N2OS. The van der Waals surface area contributed by atoms with Crippen molar-refractivity contribution in [2.24, 2.45) is 5.92 Å². The zero-order valence-electron chi connectivity index (χ0n) is 10.6. The maximum absolute atomic E-state index is 5.09. The summed E-state index contributed by atoms with van der Waals surface area (Å²) in [6.07, 6.45) is 3.01. The highest BCUT2D eigenvalue weighted by Gasteiger charge is 2.33. The lowest BCUT2D eigenvalue weighted by Crippen LogP contribution is -2.46. The van der Waals surface area contributed by atoms with Crippen molar-refractivity contribution in [3.8, 4) is 0 Å². The van der Waals surface area contributed by atoms with Crippen LogP contribution in [0.1, 0.15) is 32.2 Å². The van der Waals surface area contributed by atoms with Crippen LogP contribution in [0.3, 0.4) is 0 Å². The molecule has 2 unspecified atom stereocenters. The number of aromatic nitrogens is 1. The van der Waals surface area contributed by atoms with Gasteiger partial charge in [0.15, 0.2) is 0 Å². The molecule has 92 valence electrons. The Balaban J connectivity index is 2.76. The van der Waals surface area contributed by atoms with Gasteiger partial charge >= 0.3 is 0 Å². The fourth-order valence-corrected chi connectivity index (χ4v) is 2.65. The first-order valence-electron chi connectivity index (χ1n) is 5.79. The second-order valence-corrected chi connectivity index (χ2v) is 5.16. The minimum absolute atomic E-state index is 0.0402. The molecule has 0 fully saturated rings. The van der Waals surface area contributed by atoms with Gasteiger partial charge in [-0.25, -0.2) is 4.98 Å². The Kier molecular flexibility index (Phi) is 5.38. The summed E-state index contributed by atoms with van der Waals surface area (Å²) in [6.45, 7) is 8.31. The molecule has 0 aromatic carbocycles. The van der Waals surface area contributed by atoms with E-state index < -0.39 is 0 Å². The average Bonchev–Trinajstić information content (AvgIpc) is 2.82. The Morgan fingerprint density at radius 1 is 1.62 bits per heavy atom. The van der Waals surface area contributed by atoms with Crippen molar-refractivity contribution in [2.75, 3.05) is 20.3 Å². The number of ether oxygens (including phenoxy) is 1. The van der Waals surface area contributed by atoms with Crippen molar-refractivity contribution in [2.45, 2.75) is 32.7 Å². The summed E-state index contributed by atoms with van der Waals surface area (Å²) in [7, 11) is 1.73. The van der Waals surface area contributed by atoms with Crippen LogP contribution in [0.5, 0.6) is 0 Å². The zero-order valence-corrected chi connectivity index (χ0v) is 11.4. The van der Waals surface area contributed by atoms with Crippen LogP contribution >= 0.6 is 11.3 Å². The Bertz CT molecular complexity index is 289. The molecule has 1 heterocycles. The first-order valence-corrected chi connectivity index (χ1v) is 6.67. The molecule has 0 bridgehead atoms. The van der Waals surface area contributed by atoms with E-state index in [-0.39, 0.29) is 5.54 Å². The highest BCUT2D eigenvalue weighted by atomic mass is 32.1. The van der Waals surface area contributed by atoms with E-state index in [0.717, 1.165) is 24.6 Å². The molecule has 0 amide bonds. The Hall–Kier alpha value is -0.450. The molecule has 2 atom stereocenters. The molecule has 0 aliphatic rings. The lowest BCUT2D eigenvalue weighted by molar-refractivity contribution is 0.168. The van der Waals surface area contributed by atoms with E-state index in [1.165, 1.54) is 0 Å². The monoisotopic (exact) mass is 242 g/mol. The number of hydrogen-bond acceptors (Lipinski definition) is 4. The van der Waals surface area contributed by atoms with Crippen LogP contribution in [-0.4, -0.2) is 25.2 Å². The standard InChI is InChI=1S/C12H22N2OS/c1-5-10(2)12(3,14-6-8-15-4)11-13-7-9-16-11/h7,9-10,14H,5-6,8H2,1-4H3. The molecule has 4 heteroatoms. The van der Waals surface area contributed by atoms with Gasteiger partial charge in [-0.1, -0.05) is 20.3 Å². The molecule has 0 spiro atoms. The third-order valence-corrected chi connectivity index (χ3v) is 4.28. The highest BCUT2D eigenvalue weighted by molar-refractivity contribution is 7.09. The third-order valence-electron chi connectivity index (χ3n) is 3.27. The van der Waals surface area contributed by atoms with E-state index >= 15 is 0 Å². The van der Waals surface area contributed by atoms with Crippen LogP contribution in [0.2, 0.25) is 0 Å². The molecule has 1 N–H and O–H groups in total. The number of methoxy groups -OCH3 is 1. The first kappa shape index (κ1) is 13.6. The van der Waals surface area contributed by atoms with E-state index in [0.29, 0.717) is 5.92 Å². The van der Waals surface area contributed by atoms with Crippen molar-refractivity contribution in [1.82, 2.24) is 10.3 Å². The van der Waals surface area contributed by atoms with E-state index in [1.54, 1.807) is 18.4 Å². The number of nitrogens with zero attached hydrogens (tertiary/aromatic N) is 1. The lowest BCUT2D eigenvalue weighted by atomic mass is 9.85. The smallest absolute Gasteiger partial charge is 0.113 e. The molecule has 0 saturated heterocycles. The number of rotatable bonds is 7. The first-order chi connectivity index (χ1) is 7.65. The van der Waals surface area contributed by atoms with Crippen molar-refractivity contribution >= 4 is 11.3 Å². The zero-order chi connectivity index (χ0) is 12.0. The maximum Gasteiger partial charge on any atom is 0.113 e. The van der Waals surface area contributed by atoms with E-state index in [2.05, 4.69) is 31.1 Å². The molecular weight excluding hydrogens is 220 g/mol. The number of nitrogens with one attached hydrogen (secondary N) is 1. The fraction of sp³-hybridized carbons (Fsp3) is 0.750. The van der Waals surface area contributed by atoms with Gasteiger partial charge < -0.3 is 10.1 Å². The molecule has 0 saturated carbocycles. The van der Waals surface area contributed by atoms with E-state index in [1.807, 2.05) is 11.6 Å². The van der Waals surface area contributed by atoms with Gasteiger partial charge in [0.2, 0.25) is 0 Å². The Morgan fingerprint density at radius 3 is 2.88 bits per heavy atom. The van der Waals surface area contributed by atoms with Crippen LogP contribution in [0, 0.1) is 5.92 Å². The number of thiazole rings is 1. The minimum Gasteiger partial charge on any atom is -0.383 e. The van der Waals surface area contributed by atoms with Gasteiger partial charge in [0, 0.05) is 25.2 Å². The molecule has 0 aliphatic heterocycles. The van der Waals surface area contributed by atoms with Crippen LogP contribution in [0.25, 0.3) is 0 Å². The molecule has 16 heavy (non-hydrogen) atoms. The summed E-state index contributed by atoms with van der Waals surface area (Å²) in [5.74, 6) is 0.551. The van der Waals surface area contributed by atoms with Crippen molar-refractivity contribution in [3.05, 3.63) is 16.6 Å². The van der Waals surface area contributed by atoms with Gasteiger partial charge in [-0.3, -0.25) is 0 Å². The van der Waals surface area contributed by atoms with Gasteiger partial charge in [0.05, 0.1) is 12.1 Å². The molecule has 0 aliphatic carbocycles. The second-order valence-electron chi connectivity index (χ2n) is 4.27. The van der Waals surface area contributed by atoms with Crippen LogP contribution < -0.4 is 5.32 Å². The summed E-state index contributed by atoms with van der Waals surface area (Å²) in [6, 6.07) is 0. The highest BCUT2D eigenvalue weighted by Crippen LogP contribution is 2.32. The van der Waals surface area contributed by atoms with Crippen LogP contribution in [0.15, 0.2) is 11.6 Å². The average molecular weight is 242 g/mol. The van der Waals surface area contributed by atoms with E-state index in [4.69, 9.17) is 4.74 Å². The normalized spacial score (nSPS) is 17.0. The van der Waals surface area contributed by atoms with Gasteiger partial charge in [0.1, 0.15) is 5.01 Å². The SMILES string of the molecule is CCC(C)C(C)(NCCOC)c1nccs1. The quantitative estimate of drug-likeness (QED) is 0.746. The number of hydrogen-bond donors (Lipinski definition) is 1. The van der Waals surface area contributed by atoms with Crippen molar-refractivity contribution in [3.63, 3.8) is 0 Å².